The molecule has 1 aromatic carbocycles. The van der Waals surface area contributed by atoms with Gasteiger partial charge in [-0.3, -0.25) is 4.90 Å². The molecule has 0 radical (unpaired) electrons. The molecular weight excluding hydrogens is 454 g/mol. The van der Waals surface area contributed by atoms with Gasteiger partial charge >= 0.3 is 6.03 Å². The van der Waals surface area contributed by atoms with Crippen molar-refractivity contribution in [3.8, 4) is 5.75 Å². The van der Waals surface area contributed by atoms with E-state index in [2.05, 4.69) is 62.2 Å². The number of carbonyl (C=O) groups is 1. The number of carbonyl (C=O) groups excluding carboxylic acids is 1. The third-order valence-corrected chi connectivity index (χ3v) is 8.40. The van der Waals surface area contributed by atoms with Crippen LogP contribution in [0.2, 0.25) is 0 Å². The van der Waals surface area contributed by atoms with Crippen LogP contribution >= 0.6 is 0 Å². The number of piperidine rings is 1. The second-order valence-corrected chi connectivity index (χ2v) is 10.4. The molecule has 4 unspecified atom stereocenters. The molecule has 1 saturated heterocycles. The van der Waals surface area contributed by atoms with Crippen LogP contribution in [0.15, 0.2) is 24.3 Å². The fourth-order valence-corrected chi connectivity index (χ4v) is 5.75. The van der Waals surface area contributed by atoms with Gasteiger partial charge in [-0.05, 0) is 68.7 Å². The molecule has 1 heterocycles. The number of amides is 2. The highest BCUT2D eigenvalue weighted by Crippen LogP contribution is 2.32. The summed E-state index contributed by atoms with van der Waals surface area (Å²) in [5.74, 6) is 1.59. The first-order valence-electron chi connectivity index (χ1n) is 13.4. The lowest BCUT2D eigenvalue weighted by atomic mass is 9.82. The number of benzene rings is 1. The molecule has 4 atom stereocenters. The first-order valence-corrected chi connectivity index (χ1v) is 13.4. The van der Waals surface area contributed by atoms with E-state index in [1.54, 1.807) is 21.3 Å². The minimum atomic E-state index is 0.0109. The SMILES string of the molecule is COCCN(CC1C(C)C=CCC1OC)C(=O)NC1CCN(C(C)c2ccc(OC)c(C)c2C)CC1. The van der Waals surface area contributed by atoms with E-state index in [-0.39, 0.29) is 24.1 Å². The highest BCUT2D eigenvalue weighted by Gasteiger charge is 2.32. The van der Waals surface area contributed by atoms with Crippen molar-refractivity contribution >= 4 is 6.03 Å². The zero-order chi connectivity index (χ0) is 26.2. The lowest BCUT2D eigenvalue weighted by Gasteiger charge is -2.39. The first-order chi connectivity index (χ1) is 17.3. The molecule has 0 aromatic heterocycles. The van der Waals surface area contributed by atoms with Crippen LogP contribution < -0.4 is 10.1 Å². The molecule has 0 bridgehead atoms. The van der Waals surface area contributed by atoms with Crippen molar-refractivity contribution in [1.29, 1.82) is 0 Å². The first kappa shape index (κ1) is 28.5. The lowest BCUT2D eigenvalue weighted by molar-refractivity contribution is 0.0193. The third-order valence-electron chi connectivity index (χ3n) is 8.40. The number of methoxy groups -OCH3 is 3. The predicted molar refractivity (Wildman–Crippen MR) is 145 cm³/mol. The molecule has 2 amide bonds. The zero-order valence-corrected chi connectivity index (χ0v) is 23.4. The van der Waals surface area contributed by atoms with Gasteiger partial charge in [0.15, 0.2) is 0 Å². The Labute approximate surface area is 218 Å². The molecular formula is C29H47N3O4. The number of nitrogens with one attached hydrogen (secondary N) is 1. The van der Waals surface area contributed by atoms with Crippen LogP contribution in [-0.4, -0.2) is 82.1 Å². The van der Waals surface area contributed by atoms with E-state index in [4.69, 9.17) is 14.2 Å². The van der Waals surface area contributed by atoms with E-state index in [0.29, 0.717) is 31.7 Å². The average Bonchev–Trinajstić information content (AvgIpc) is 2.88. The summed E-state index contributed by atoms with van der Waals surface area (Å²) in [6, 6.07) is 4.80. The van der Waals surface area contributed by atoms with Gasteiger partial charge in [0.05, 0.1) is 19.8 Å². The van der Waals surface area contributed by atoms with Crippen molar-refractivity contribution in [2.45, 2.75) is 65.1 Å². The van der Waals surface area contributed by atoms with Gasteiger partial charge in [-0.25, -0.2) is 4.79 Å². The van der Waals surface area contributed by atoms with Crippen LogP contribution in [0.5, 0.6) is 5.75 Å². The fourth-order valence-electron chi connectivity index (χ4n) is 5.75. The molecule has 1 N–H and O–H groups in total. The Morgan fingerprint density at radius 2 is 1.89 bits per heavy atom. The number of ether oxygens (including phenoxy) is 3. The van der Waals surface area contributed by atoms with Crippen molar-refractivity contribution in [2.24, 2.45) is 11.8 Å². The van der Waals surface area contributed by atoms with Crippen molar-refractivity contribution in [3.05, 3.63) is 41.0 Å². The van der Waals surface area contributed by atoms with Crippen LogP contribution in [-0.2, 0) is 9.47 Å². The molecule has 7 nitrogen and oxygen atoms in total. The smallest absolute Gasteiger partial charge is 0.317 e. The van der Waals surface area contributed by atoms with Gasteiger partial charge in [-0.15, -0.1) is 0 Å². The lowest BCUT2D eigenvalue weighted by Crippen LogP contribution is -2.52. The molecule has 36 heavy (non-hydrogen) atoms. The molecule has 3 rings (SSSR count). The van der Waals surface area contributed by atoms with E-state index >= 15 is 0 Å². The Bertz CT molecular complexity index is 882. The summed E-state index contributed by atoms with van der Waals surface area (Å²) in [7, 11) is 5.18. The normalized spacial score (nSPS) is 23.9. The summed E-state index contributed by atoms with van der Waals surface area (Å²) in [5.41, 5.74) is 3.86. The van der Waals surface area contributed by atoms with Gasteiger partial charge in [0, 0.05) is 58.4 Å². The van der Waals surface area contributed by atoms with Gasteiger partial charge in [0.2, 0.25) is 0 Å². The summed E-state index contributed by atoms with van der Waals surface area (Å²) in [6.45, 7) is 12.5. The van der Waals surface area contributed by atoms with Gasteiger partial charge in [-0.2, -0.15) is 0 Å². The number of urea groups is 1. The fraction of sp³-hybridized carbons (Fsp3) is 0.690. The maximum Gasteiger partial charge on any atom is 0.317 e. The van der Waals surface area contributed by atoms with Gasteiger partial charge < -0.3 is 24.4 Å². The minimum absolute atomic E-state index is 0.0109. The van der Waals surface area contributed by atoms with Crippen LogP contribution in [0.1, 0.15) is 55.8 Å². The highest BCUT2D eigenvalue weighted by atomic mass is 16.5. The zero-order valence-electron chi connectivity index (χ0n) is 23.4. The third kappa shape index (κ3) is 6.81. The van der Waals surface area contributed by atoms with Crippen LogP contribution in [0.3, 0.4) is 0 Å². The number of likely N-dealkylation sites (tertiary alicyclic amines) is 1. The van der Waals surface area contributed by atoms with E-state index in [1.807, 2.05) is 4.90 Å². The minimum Gasteiger partial charge on any atom is -0.496 e. The summed E-state index contributed by atoms with van der Waals surface area (Å²) in [6.07, 6.45) is 7.37. The second-order valence-electron chi connectivity index (χ2n) is 10.4. The molecule has 0 saturated carbocycles. The quantitative estimate of drug-likeness (QED) is 0.470. The molecule has 1 aromatic rings. The Morgan fingerprint density at radius 1 is 1.17 bits per heavy atom. The van der Waals surface area contributed by atoms with Crippen LogP contribution in [0, 0.1) is 25.7 Å². The van der Waals surface area contributed by atoms with Gasteiger partial charge in [-0.1, -0.05) is 25.1 Å². The number of hydrogen-bond acceptors (Lipinski definition) is 5. The molecule has 1 aliphatic carbocycles. The van der Waals surface area contributed by atoms with Crippen LogP contribution in [0.4, 0.5) is 4.79 Å². The Hall–Kier alpha value is -2.09. The summed E-state index contributed by atoms with van der Waals surface area (Å²) in [5, 5.41) is 3.33. The maximum atomic E-state index is 13.3. The molecule has 202 valence electrons. The summed E-state index contributed by atoms with van der Waals surface area (Å²) in [4.78, 5) is 17.8. The molecule has 7 heteroatoms. The number of nitrogens with zero attached hydrogens (tertiary/aromatic N) is 2. The topological polar surface area (TPSA) is 63.3 Å². The van der Waals surface area contributed by atoms with E-state index in [9.17, 15) is 4.79 Å². The standard InChI is InChI=1S/C29H47N3O4/c1-20-9-8-10-28(36-7)26(20)19-32(17-18-34-5)29(33)30-24-13-15-31(16-14-24)23(4)25-11-12-27(35-6)22(3)21(25)2/h8-9,11-12,20,23-24,26,28H,10,13-19H2,1-7H3,(H,30,33). The Morgan fingerprint density at radius 3 is 2.53 bits per heavy atom. The molecule has 1 fully saturated rings. The molecule has 1 aliphatic heterocycles. The van der Waals surface area contributed by atoms with Crippen molar-refractivity contribution in [2.75, 3.05) is 54.1 Å². The molecule has 0 spiro atoms. The Kier molecular flexibility index (Phi) is 10.6. The molecule has 2 aliphatic rings. The summed E-state index contributed by atoms with van der Waals surface area (Å²) < 4.78 is 16.6. The number of rotatable bonds is 10. The maximum absolute atomic E-state index is 13.3. The van der Waals surface area contributed by atoms with E-state index in [1.165, 1.54) is 16.7 Å². The Balaban J connectivity index is 1.58. The van der Waals surface area contributed by atoms with Crippen LogP contribution in [0.25, 0.3) is 0 Å². The van der Waals surface area contributed by atoms with E-state index in [0.717, 1.165) is 38.1 Å². The highest BCUT2D eigenvalue weighted by molar-refractivity contribution is 5.74. The van der Waals surface area contributed by atoms with Crippen molar-refractivity contribution in [3.63, 3.8) is 0 Å². The largest absolute Gasteiger partial charge is 0.496 e. The second kappa shape index (κ2) is 13.5. The summed E-state index contributed by atoms with van der Waals surface area (Å²) >= 11 is 0. The van der Waals surface area contributed by atoms with Gasteiger partial charge in [0.1, 0.15) is 5.75 Å². The monoisotopic (exact) mass is 501 g/mol. The number of hydrogen-bond donors (Lipinski definition) is 1. The number of allylic oxidation sites excluding steroid dienone is 1. The van der Waals surface area contributed by atoms with Gasteiger partial charge in [0.25, 0.3) is 0 Å². The van der Waals surface area contributed by atoms with Crippen molar-refractivity contribution < 1.29 is 19.0 Å². The average molecular weight is 502 g/mol. The van der Waals surface area contributed by atoms with Crippen molar-refractivity contribution in [1.82, 2.24) is 15.1 Å². The van der Waals surface area contributed by atoms with E-state index < -0.39 is 0 Å². The predicted octanol–water partition coefficient (Wildman–Crippen LogP) is 4.72.